The predicted molar refractivity (Wildman–Crippen MR) is 79.5 cm³/mol. The van der Waals surface area contributed by atoms with Gasteiger partial charge in [-0.25, -0.2) is 13.1 Å². The number of sulfonamides is 1. The van der Waals surface area contributed by atoms with Gasteiger partial charge in [-0.3, -0.25) is 4.79 Å². The largest absolute Gasteiger partial charge is 0.353 e. The zero-order valence-corrected chi connectivity index (χ0v) is 13.4. The number of carbonyl (C=O) groups excluding carboxylic acids is 1. The van der Waals surface area contributed by atoms with Gasteiger partial charge in [0.2, 0.25) is 15.9 Å². The zero-order chi connectivity index (χ0) is 15.3. The van der Waals surface area contributed by atoms with E-state index in [1.807, 2.05) is 13.8 Å². The van der Waals surface area contributed by atoms with E-state index in [9.17, 15) is 13.2 Å². The van der Waals surface area contributed by atoms with E-state index in [0.29, 0.717) is 0 Å². The molecule has 5 nitrogen and oxygen atoms in total. The second-order valence-corrected chi connectivity index (χ2v) is 6.86. The van der Waals surface area contributed by atoms with Gasteiger partial charge < -0.3 is 5.32 Å². The van der Waals surface area contributed by atoms with Gasteiger partial charge in [0.15, 0.2) is 0 Å². The number of hydrogen-bond donors (Lipinski definition) is 2. The van der Waals surface area contributed by atoms with Gasteiger partial charge in [0.05, 0.1) is 21.5 Å². The van der Waals surface area contributed by atoms with Crippen molar-refractivity contribution in [3.8, 4) is 0 Å². The number of rotatable bonds is 6. The standard InChI is InChI=1S/C12H16Cl2N2O3S/c1-3-8(2)16-12(17)7-15-20(18,19)9-4-5-10(13)11(14)6-9/h4-6,8,15H,3,7H2,1-2H3,(H,16,17). The van der Waals surface area contributed by atoms with Crippen molar-refractivity contribution in [2.24, 2.45) is 0 Å². The Balaban J connectivity index is 2.70. The van der Waals surface area contributed by atoms with Crippen molar-refractivity contribution in [2.75, 3.05) is 6.54 Å². The van der Waals surface area contributed by atoms with Crippen LogP contribution in [-0.2, 0) is 14.8 Å². The van der Waals surface area contributed by atoms with Crippen molar-refractivity contribution < 1.29 is 13.2 Å². The molecular formula is C12H16Cl2N2O3S. The summed E-state index contributed by atoms with van der Waals surface area (Å²) in [6.07, 6.45) is 0.769. The molecule has 0 spiro atoms. The fourth-order valence-corrected chi connectivity index (χ4v) is 2.69. The van der Waals surface area contributed by atoms with Gasteiger partial charge in [-0.15, -0.1) is 0 Å². The highest BCUT2D eigenvalue weighted by Crippen LogP contribution is 2.24. The van der Waals surface area contributed by atoms with E-state index in [-0.39, 0.29) is 33.4 Å². The fourth-order valence-electron chi connectivity index (χ4n) is 1.32. The molecule has 1 rings (SSSR count). The topological polar surface area (TPSA) is 75.3 Å². The summed E-state index contributed by atoms with van der Waals surface area (Å²) in [5, 5.41) is 3.06. The van der Waals surface area contributed by atoms with Gasteiger partial charge in [-0.2, -0.15) is 0 Å². The summed E-state index contributed by atoms with van der Waals surface area (Å²) < 4.78 is 26.1. The molecule has 0 radical (unpaired) electrons. The van der Waals surface area contributed by atoms with Crippen molar-refractivity contribution in [1.82, 2.24) is 10.0 Å². The van der Waals surface area contributed by atoms with Gasteiger partial charge in [0.1, 0.15) is 0 Å². The summed E-state index contributed by atoms with van der Waals surface area (Å²) in [6, 6.07) is 3.94. The molecule has 112 valence electrons. The third-order valence-electron chi connectivity index (χ3n) is 2.64. The molecule has 0 bridgehead atoms. The number of hydrogen-bond acceptors (Lipinski definition) is 3. The van der Waals surface area contributed by atoms with Crippen molar-refractivity contribution in [3.05, 3.63) is 28.2 Å². The van der Waals surface area contributed by atoms with Crippen LogP contribution in [0.5, 0.6) is 0 Å². The summed E-state index contributed by atoms with van der Waals surface area (Å²) in [6.45, 7) is 3.43. The van der Waals surface area contributed by atoms with E-state index < -0.39 is 10.0 Å². The molecule has 8 heteroatoms. The van der Waals surface area contributed by atoms with Crippen molar-refractivity contribution in [3.63, 3.8) is 0 Å². The molecule has 2 N–H and O–H groups in total. The van der Waals surface area contributed by atoms with Gasteiger partial charge in [-0.1, -0.05) is 30.1 Å². The lowest BCUT2D eigenvalue weighted by Crippen LogP contribution is -2.40. The first-order chi connectivity index (χ1) is 9.26. The molecule has 1 aromatic carbocycles. The maximum atomic E-state index is 12.0. The van der Waals surface area contributed by atoms with Crippen LogP contribution in [0.2, 0.25) is 10.0 Å². The molecule has 0 fully saturated rings. The SMILES string of the molecule is CCC(C)NC(=O)CNS(=O)(=O)c1ccc(Cl)c(Cl)c1. The monoisotopic (exact) mass is 338 g/mol. The Labute approximate surface area is 128 Å². The lowest BCUT2D eigenvalue weighted by molar-refractivity contribution is -0.120. The highest BCUT2D eigenvalue weighted by atomic mass is 35.5. The molecule has 0 aliphatic carbocycles. The Hall–Kier alpha value is -0.820. The zero-order valence-electron chi connectivity index (χ0n) is 11.1. The summed E-state index contributed by atoms with van der Waals surface area (Å²) >= 11 is 11.5. The van der Waals surface area contributed by atoms with Crippen LogP contribution < -0.4 is 10.0 Å². The minimum atomic E-state index is -3.79. The van der Waals surface area contributed by atoms with E-state index in [4.69, 9.17) is 23.2 Å². The molecular weight excluding hydrogens is 323 g/mol. The van der Waals surface area contributed by atoms with Crippen molar-refractivity contribution in [1.29, 1.82) is 0 Å². The Morgan fingerprint density at radius 2 is 1.95 bits per heavy atom. The number of halogens is 2. The molecule has 0 saturated carbocycles. The molecule has 1 atom stereocenters. The van der Waals surface area contributed by atoms with Gasteiger partial charge in [-0.05, 0) is 31.5 Å². The molecule has 0 aromatic heterocycles. The maximum Gasteiger partial charge on any atom is 0.241 e. The Kier molecular flexibility index (Phi) is 6.26. The van der Waals surface area contributed by atoms with Crippen molar-refractivity contribution >= 4 is 39.1 Å². The lowest BCUT2D eigenvalue weighted by atomic mass is 10.2. The number of carbonyl (C=O) groups is 1. The molecule has 1 aromatic rings. The summed E-state index contributed by atoms with van der Waals surface area (Å²) in [5.74, 6) is -0.386. The van der Waals surface area contributed by atoms with E-state index in [2.05, 4.69) is 10.0 Å². The minimum absolute atomic E-state index is 0.00280. The molecule has 0 aliphatic heterocycles. The van der Waals surface area contributed by atoms with E-state index in [1.165, 1.54) is 18.2 Å². The third-order valence-corrected chi connectivity index (χ3v) is 4.78. The second kappa shape index (κ2) is 7.26. The molecule has 0 aliphatic rings. The highest BCUT2D eigenvalue weighted by Gasteiger charge is 2.17. The number of amides is 1. The van der Waals surface area contributed by atoms with E-state index >= 15 is 0 Å². The van der Waals surface area contributed by atoms with Crippen LogP contribution in [0.25, 0.3) is 0 Å². The summed E-state index contributed by atoms with van der Waals surface area (Å²) in [7, 11) is -3.79. The molecule has 0 heterocycles. The van der Waals surface area contributed by atoms with Crippen LogP contribution in [0.15, 0.2) is 23.1 Å². The van der Waals surface area contributed by atoms with E-state index in [1.54, 1.807) is 0 Å². The third kappa shape index (κ3) is 4.94. The number of benzene rings is 1. The predicted octanol–water partition coefficient (Wildman–Crippen LogP) is 2.19. The molecule has 0 saturated heterocycles. The fraction of sp³-hybridized carbons (Fsp3) is 0.417. The highest BCUT2D eigenvalue weighted by molar-refractivity contribution is 7.89. The number of nitrogens with one attached hydrogen (secondary N) is 2. The Morgan fingerprint density at radius 3 is 2.50 bits per heavy atom. The average Bonchev–Trinajstić information content (AvgIpc) is 2.39. The van der Waals surface area contributed by atoms with Crippen LogP contribution >= 0.6 is 23.2 Å². The Bertz CT molecular complexity index is 590. The first kappa shape index (κ1) is 17.2. The van der Waals surface area contributed by atoms with Crippen LogP contribution in [0.4, 0.5) is 0 Å². The molecule has 1 amide bonds. The first-order valence-electron chi connectivity index (χ1n) is 6.00. The van der Waals surface area contributed by atoms with Gasteiger partial charge in [0, 0.05) is 6.04 Å². The summed E-state index contributed by atoms with van der Waals surface area (Å²) in [5.41, 5.74) is 0. The quantitative estimate of drug-likeness (QED) is 0.834. The van der Waals surface area contributed by atoms with Crippen LogP contribution in [0, 0.1) is 0 Å². The van der Waals surface area contributed by atoms with Crippen LogP contribution in [-0.4, -0.2) is 26.9 Å². The van der Waals surface area contributed by atoms with Crippen molar-refractivity contribution in [2.45, 2.75) is 31.2 Å². The van der Waals surface area contributed by atoms with Gasteiger partial charge in [0.25, 0.3) is 0 Å². The Morgan fingerprint density at radius 1 is 1.30 bits per heavy atom. The maximum absolute atomic E-state index is 12.0. The lowest BCUT2D eigenvalue weighted by Gasteiger charge is -2.12. The average molecular weight is 339 g/mol. The second-order valence-electron chi connectivity index (χ2n) is 4.28. The normalized spacial score (nSPS) is 13.0. The molecule has 1 unspecified atom stereocenters. The summed E-state index contributed by atoms with van der Waals surface area (Å²) in [4.78, 5) is 11.5. The smallest absolute Gasteiger partial charge is 0.241 e. The van der Waals surface area contributed by atoms with Crippen LogP contribution in [0.3, 0.4) is 0 Å². The minimum Gasteiger partial charge on any atom is -0.353 e. The van der Waals surface area contributed by atoms with Gasteiger partial charge >= 0.3 is 0 Å². The van der Waals surface area contributed by atoms with E-state index in [0.717, 1.165) is 6.42 Å². The van der Waals surface area contributed by atoms with Crippen LogP contribution in [0.1, 0.15) is 20.3 Å². The first-order valence-corrected chi connectivity index (χ1v) is 8.24. The molecule has 20 heavy (non-hydrogen) atoms.